The van der Waals surface area contributed by atoms with Crippen LogP contribution in [0.2, 0.25) is 0 Å². The molecule has 0 unspecified atom stereocenters. The Morgan fingerprint density at radius 2 is 1.76 bits per heavy atom. The van der Waals surface area contributed by atoms with Gasteiger partial charge < -0.3 is 9.47 Å². The Morgan fingerprint density at radius 3 is 2.48 bits per heavy atom. The van der Waals surface area contributed by atoms with E-state index >= 15 is 0 Å². The summed E-state index contributed by atoms with van der Waals surface area (Å²) in [5, 5.41) is 0. The van der Waals surface area contributed by atoms with E-state index in [1.165, 1.54) is 42.4 Å². The summed E-state index contributed by atoms with van der Waals surface area (Å²) in [5.74, 6) is 1.67. The molecule has 134 valence electrons. The summed E-state index contributed by atoms with van der Waals surface area (Å²) in [4.78, 5) is 2.61. The van der Waals surface area contributed by atoms with Crippen LogP contribution >= 0.6 is 0 Å². The van der Waals surface area contributed by atoms with Crippen LogP contribution in [0.25, 0.3) is 0 Å². The Morgan fingerprint density at radius 1 is 0.960 bits per heavy atom. The standard InChI is InChI=1S/C22H29NO2/c1-17-11-13-18(14-12-17)20-9-5-4-6-15-23(20)16-19-8-7-10-21(24-2)22(19)25-3/h7-8,10-14,20H,4-6,9,15-16H2,1-3H3/t20-/m0/s1. The maximum atomic E-state index is 5.65. The number of ether oxygens (including phenoxy) is 2. The first-order valence-corrected chi connectivity index (χ1v) is 9.23. The average Bonchev–Trinajstić information content (AvgIpc) is 2.87. The highest BCUT2D eigenvalue weighted by atomic mass is 16.5. The van der Waals surface area contributed by atoms with Crippen LogP contribution in [0.4, 0.5) is 0 Å². The predicted molar refractivity (Wildman–Crippen MR) is 102 cm³/mol. The fourth-order valence-corrected chi connectivity index (χ4v) is 3.82. The van der Waals surface area contributed by atoms with Gasteiger partial charge in [0.2, 0.25) is 0 Å². The van der Waals surface area contributed by atoms with E-state index in [9.17, 15) is 0 Å². The first-order chi connectivity index (χ1) is 12.2. The highest BCUT2D eigenvalue weighted by molar-refractivity contribution is 5.46. The van der Waals surface area contributed by atoms with E-state index in [-0.39, 0.29) is 0 Å². The van der Waals surface area contributed by atoms with E-state index in [2.05, 4.69) is 48.2 Å². The van der Waals surface area contributed by atoms with Gasteiger partial charge in [-0.15, -0.1) is 0 Å². The SMILES string of the molecule is COc1cccc(CN2CCCCC[C@H]2c2ccc(C)cc2)c1OC. The third kappa shape index (κ3) is 4.16. The minimum atomic E-state index is 0.471. The molecule has 1 aliphatic heterocycles. The Hall–Kier alpha value is -2.00. The topological polar surface area (TPSA) is 21.7 Å². The van der Waals surface area contributed by atoms with Gasteiger partial charge in [0.15, 0.2) is 11.5 Å². The summed E-state index contributed by atoms with van der Waals surface area (Å²) >= 11 is 0. The van der Waals surface area contributed by atoms with Gasteiger partial charge in [-0.3, -0.25) is 4.90 Å². The third-order valence-corrected chi connectivity index (χ3v) is 5.18. The number of likely N-dealkylation sites (tertiary alicyclic amines) is 1. The Balaban J connectivity index is 1.88. The van der Waals surface area contributed by atoms with E-state index in [1.54, 1.807) is 14.2 Å². The van der Waals surface area contributed by atoms with Crippen LogP contribution in [0.3, 0.4) is 0 Å². The number of rotatable bonds is 5. The largest absolute Gasteiger partial charge is 0.493 e. The zero-order chi connectivity index (χ0) is 17.6. The van der Waals surface area contributed by atoms with Crippen molar-refractivity contribution in [3.8, 4) is 11.5 Å². The van der Waals surface area contributed by atoms with E-state index in [4.69, 9.17) is 9.47 Å². The minimum Gasteiger partial charge on any atom is -0.493 e. The van der Waals surface area contributed by atoms with E-state index in [1.807, 2.05) is 6.07 Å². The molecule has 1 saturated heterocycles. The fourth-order valence-electron chi connectivity index (χ4n) is 3.82. The molecule has 25 heavy (non-hydrogen) atoms. The highest BCUT2D eigenvalue weighted by Gasteiger charge is 2.24. The number of hydrogen-bond acceptors (Lipinski definition) is 3. The van der Waals surface area contributed by atoms with Gasteiger partial charge in [-0.25, -0.2) is 0 Å². The van der Waals surface area contributed by atoms with Crippen molar-refractivity contribution in [3.63, 3.8) is 0 Å². The monoisotopic (exact) mass is 339 g/mol. The average molecular weight is 339 g/mol. The second-order valence-corrected chi connectivity index (χ2v) is 6.90. The summed E-state index contributed by atoms with van der Waals surface area (Å²) in [6.45, 7) is 4.16. The molecule has 0 aliphatic carbocycles. The highest BCUT2D eigenvalue weighted by Crippen LogP contribution is 2.36. The summed E-state index contributed by atoms with van der Waals surface area (Å²) in [5.41, 5.74) is 3.94. The van der Waals surface area contributed by atoms with Gasteiger partial charge in [-0.05, 0) is 37.9 Å². The molecule has 0 radical (unpaired) electrons. The van der Waals surface area contributed by atoms with Crippen LogP contribution in [-0.4, -0.2) is 25.7 Å². The van der Waals surface area contributed by atoms with Crippen molar-refractivity contribution in [1.82, 2.24) is 4.90 Å². The maximum Gasteiger partial charge on any atom is 0.165 e. The molecule has 0 bridgehead atoms. The molecule has 1 fully saturated rings. The lowest BCUT2D eigenvalue weighted by molar-refractivity contribution is 0.189. The van der Waals surface area contributed by atoms with Gasteiger partial charge >= 0.3 is 0 Å². The lowest BCUT2D eigenvalue weighted by atomic mass is 9.99. The van der Waals surface area contributed by atoms with Gasteiger partial charge in [0.1, 0.15) is 0 Å². The first-order valence-electron chi connectivity index (χ1n) is 9.23. The van der Waals surface area contributed by atoms with Crippen LogP contribution in [-0.2, 0) is 6.54 Å². The van der Waals surface area contributed by atoms with Crippen molar-refractivity contribution >= 4 is 0 Å². The molecule has 0 saturated carbocycles. The van der Waals surface area contributed by atoms with Gasteiger partial charge in [-0.2, -0.15) is 0 Å². The summed E-state index contributed by atoms with van der Waals surface area (Å²) in [7, 11) is 3.42. The quantitative estimate of drug-likeness (QED) is 0.754. The Labute approximate surface area is 151 Å². The molecule has 3 nitrogen and oxygen atoms in total. The second kappa shape index (κ2) is 8.39. The molecule has 3 heteroatoms. The van der Waals surface area contributed by atoms with Crippen LogP contribution in [0.5, 0.6) is 11.5 Å². The molecule has 0 amide bonds. The molecular weight excluding hydrogens is 310 g/mol. The molecule has 1 atom stereocenters. The molecular formula is C22H29NO2. The zero-order valence-corrected chi connectivity index (χ0v) is 15.6. The van der Waals surface area contributed by atoms with Crippen molar-refractivity contribution in [2.75, 3.05) is 20.8 Å². The summed E-state index contributed by atoms with van der Waals surface area (Å²) in [6.07, 6.45) is 5.09. The van der Waals surface area contributed by atoms with Crippen molar-refractivity contribution in [3.05, 3.63) is 59.2 Å². The predicted octanol–water partition coefficient (Wildman–Crippen LogP) is 5.13. The van der Waals surface area contributed by atoms with E-state index in [0.717, 1.165) is 24.6 Å². The van der Waals surface area contributed by atoms with Gasteiger partial charge in [0.05, 0.1) is 14.2 Å². The molecule has 2 aromatic carbocycles. The maximum absolute atomic E-state index is 5.65. The van der Waals surface area contributed by atoms with Crippen LogP contribution in [0.15, 0.2) is 42.5 Å². The number of hydrogen-bond donors (Lipinski definition) is 0. The third-order valence-electron chi connectivity index (χ3n) is 5.18. The smallest absolute Gasteiger partial charge is 0.165 e. The number of nitrogens with zero attached hydrogens (tertiary/aromatic N) is 1. The molecule has 0 N–H and O–H groups in total. The summed E-state index contributed by atoms with van der Waals surface area (Å²) in [6, 6.07) is 15.7. The van der Waals surface area contributed by atoms with Crippen molar-refractivity contribution in [1.29, 1.82) is 0 Å². The van der Waals surface area contributed by atoms with Crippen LogP contribution in [0, 0.1) is 6.92 Å². The summed E-state index contributed by atoms with van der Waals surface area (Å²) < 4.78 is 11.1. The number of aryl methyl sites for hydroxylation is 1. The fraction of sp³-hybridized carbons (Fsp3) is 0.455. The second-order valence-electron chi connectivity index (χ2n) is 6.90. The van der Waals surface area contributed by atoms with Crippen molar-refractivity contribution in [2.24, 2.45) is 0 Å². The number of benzene rings is 2. The number of methoxy groups -OCH3 is 2. The molecule has 3 rings (SSSR count). The normalized spacial score (nSPS) is 18.6. The zero-order valence-electron chi connectivity index (χ0n) is 15.6. The molecule has 0 spiro atoms. The lowest BCUT2D eigenvalue weighted by Gasteiger charge is -2.31. The van der Waals surface area contributed by atoms with Gasteiger partial charge in [-0.1, -0.05) is 54.8 Å². The van der Waals surface area contributed by atoms with Crippen molar-refractivity contribution < 1.29 is 9.47 Å². The van der Waals surface area contributed by atoms with Crippen LogP contribution < -0.4 is 9.47 Å². The minimum absolute atomic E-state index is 0.471. The van der Waals surface area contributed by atoms with E-state index < -0.39 is 0 Å². The molecule has 2 aromatic rings. The van der Waals surface area contributed by atoms with Gasteiger partial charge in [0, 0.05) is 18.2 Å². The molecule has 1 heterocycles. The Kier molecular flexibility index (Phi) is 5.98. The van der Waals surface area contributed by atoms with Gasteiger partial charge in [0.25, 0.3) is 0 Å². The van der Waals surface area contributed by atoms with Crippen molar-refractivity contribution in [2.45, 2.75) is 45.2 Å². The Bertz CT molecular complexity index is 681. The van der Waals surface area contributed by atoms with Crippen LogP contribution in [0.1, 0.15) is 48.4 Å². The molecule has 0 aromatic heterocycles. The molecule has 1 aliphatic rings. The number of para-hydroxylation sites is 1. The lowest BCUT2D eigenvalue weighted by Crippen LogP contribution is -2.28. The van der Waals surface area contributed by atoms with E-state index in [0.29, 0.717) is 6.04 Å². The first kappa shape index (κ1) is 17.8.